The van der Waals surface area contributed by atoms with Crippen molar-refractivity contribution in [1.82, 2.24) is 10.2 Å². The van der Waals surface area contributed by atoms with E-state index in [9.17, 15) is 0 Å². The number of benzene rings is 1. The maximum Gasteiger partial charge on any atom is 0.134 e. The predicted molar refractivity (Wildman–Crippen MR) is 84.7 cm³/mol. The Hall–Kier alpha value is -1.58. The summed E-state index contributed by atoms with van der Waals surface area (Å²) < 4.78 is 6.04. The molecule has 2 rings (SSSR count). The summed E-state index contributed by atoms with van der Waals surface area (Å²) in [4.78, 5) is 2.23. The van der Waals surface area contributed by atoms with E-state index >= 15 is 0 Å². The Morgan fingerprint density at radius 1 is 1.35 bits per heavy atom. The number of furan rings is 1. The van der Waals surface area contributed by atoms with Crippen molar-refractivity contribution in [3.8, 4) is 0 Å². The van der Waals surface area contributed by atoms with Crippen LogP contribution < -0.4 is 5.32 Å². The van der Waals surface area contributed by atoms with Gasteiger partial charge in [0, 0.05) is 24.0 Å². The second kappa shape index (κ2) is 6.73. The van der Waals surface area contributed by atoms with Crippen LogP contribution in [0.1, 0.15) is 25.2 Å². The first kappa shape index (κ1) is 14.8. The molecule has 0 atom stereocenters. The zero-order chi connectivity index (χ0) is 14.5. The Balaban J connectivity index is 2.28. The van der Waals surface area contributed by atoms with E-state index in [1.54, 1.807) is 0 Å². The van der Waals surface area contributed by atoms with Crippen LogP contribution in [0.25, 0.3) is 11.0 Å². The predicted octanol–water partition coefficient (Wildman–Crippen LogP) is 3.55. The van der Waals surface area contributed by atoms with Crippen LogP contribution in [0.2, 0.25) is 0 Å². The third-order valence-electron chi connectivity index (χ3n) is 3.29. The first-order valence-electron chi connectivity index (χ1n) is 7.14. The molecule has 108 valence electrons. The summed E-state index contributed by atoms with van der Waals surface area (Å²) in [5, 5.41) is 4.62. The Bertz CT molecular complexity index is 586. The molecule has 1 N–H and O–H groups in total. The van der Waals surface area contributed by atoms with Gasteiger partial charge in [-0.05, 0) is 26.6 Å². The third kappa shape index (κ3) is 3.50. The molecule has 0 saturated heterocycles. The van der Waals surface area contributed by atoms with Gasteiger partial charge in [0.2, 0.25) is 0 Å². The van der Waals surface area contributed by atoms with E-state index in [-0.39, 0.29) is 0 Å². The fourth-order valence-corrected chi connectivity index (χ4v) is 2.48. The second-order valence-electron chi connectivity index (χ2n) is 5.41. The molecule has 1 heterocycles. The minimum Gasteiger partial charge on any atom is -0.459 e. The molecule has 0 bridgehead atoms. The van der Waals surface area contributed by atoms with E-state index in [0.29, 0.717) is 0 Å². The van der Waals surface area contributed by atoms with Crippen molar-refractivity contribution in [1.29, 1.82) is 0 Å². The molecule has 2 aromatic rings. The second-order valence-corrected chi connectivity index (χ2v) is 5.41. The van der Waals surface area contributed by atoms with Crippen LogP contribution in [0.5, 0.6) is 0 Å². The van der Waals surface area contributed by atoms with Crippen LogP contribution in [0.15, 0.2) is 40.8 Å². The summed E-state index contributed by atoms with van der Waals surface area (Å²) >= 11 is 0. The largest absolute Gasteiger partial charge is 0.459 e. The van der Waals surface area contributed by atoms with E-state index in [2.05, 4.69) is 49.8 Å². The minimum absolute atomic E-state index is 0.808. The first-order chi connectivity index (χ1) is 9.61. The van der Waals surface area contributed by atoms with Gasteiger partial charge in [0.1, 0.15) is 11.3 Å². The van der Waals surface area contributed by atoms with Gasteiger partial charge in [0.25, 0.3) is 0 Å². The summed E-state index contributed by atoms with van der Waals surface area (Å²) in [5.74, 6) is 1.05. The molecular formula is C17H24N2O. The van der Waals surface area contributed by atoms with Gasteiger partial charge < -0.3 is 9.73 Å². The summed E-state index contributed by atoms with van der Waals surface area (Å²) in [7, 11) is 2.10. The van der Waals surface area contributed by atoms with E-state index in [1.165, 1.54) is 10.9 Å². The zero-order valence-electron chi connectivity index (χ0n) is 12.7. The van der Waals surface area contributed by atoms with E-state index in [0.717, 1.165) is 43.1 Å². The van der Waals surface area contributed by atoms with Crippen molar-refractivity contribution < 1.29 is 4.42 Å². The highest BCUT2D eigenvalue weighted by atomic mass is 16.3. The molecule has 1 aromatic carbocycles. The van der Waals surface area contributed by atoms with Crippen molar-refractivity contribution in [2.24, 2.45) is 0 Å². The summed E-state index contributed by atoms with van der Waals surface area (Å²) in [6.45, 7) is 11.6. The highest BCUT2D eigenvalue weighted by Crippen LogP contribution is 2.26. The van der Waals surface area contributed by atoms with Gasteiger partial charge in [-0.25, -0.2) is 0 Å². The molecule has 0 unspecified atom stereocenters. The van der Waals surface area contributed by atoms with Crippen LogP contribution in [0, 0.1) is 0 Å². The lowest BCUT2D eigenvalue weighted by atomic mass is 10.1. The molecule has 1 aromatic heterocycles. The number of para-hydroxylation sites is 1. The van der Waals surface area contributed by atoms with Crippen molar-refractivity contribution in [3.63, 3.8) is 0 Å². The number of fused-ring (bicyclic) bond motifs is 1. The number of nitrogens with one attached hydrogen (secondary N) is 1. The number of nitrogens with zero attached hydrogens (tertiary/aromatic N) is 1. The maximum absolute atomic E-state index is 6.04. The van der Waals surface area contributed by atoms with Crippen LogP contribution >= 0.6 is 0 Å². The molecule has 0 saturated carbocycles. The normalized spacial score (nSPS) is 11.4. The molecule has 20 heavy (non-hydrogen) atoms. The lowest BCUT2D eigenvalue weighted by molar-refractivity contribution is 0.319. The van der Waals surface area contributed by atoms with Crippen LogP contribution in [-0.4, -0.2) is 25.0 Å². The monoisotopic (exact) mass is 272 g/mol. The maximum atomic E-state index is 6.04. The first-order valence-corrected chi connectivity index (χ1v) is 7.14. The van der Waals surface area contributed by atoms with Gasteiger partial charge in [-0.3, -0.25) is 4.90 Å². The Labute approximate surface area is 121 Å². The van der Waals surface area contributed by atoms with Gasteiger partial charge in [-0.2, -0.15) is 0 Å². The summed E-state index contributed by atoms with van der Waals surface area (Å²) in [6, 6.07) is 8.25. The SMILES string of the molecule is C=C(C)CN(C)Cc1oc2ccccc2c1CNCC. The van der Waals surface area contributed by atoms with E-state index < -0.39 is 0 Å². The van der Waals surface area contributed by atoms with Crippen molar-refractivity contribution in [3.05, 3.63) is 47.7 Å². The van der Waals surface area contributed by atoms with Crippen LogP contribution in [-0.2, 0) is 13.1 Å². The average molecular weight is 272 g/mol. The average Bonchev–Trinajstić information content (AvgIpc) is 2.72. The highest BCUT2D eigenvalue weighted by Gasteiger charge is 2.14. The van der Waals surface area contributed by atoms with Crippen molar-refractivity contribution >= 4 is 11.0 Å². The summed E-state index contributed by atoms with van der Waals surface area (Å²) in [5.41, 5.74) is 3.41. The van der Waals surface area contributed by atoms with Crippen LogP contribution in [0.3, 0.4) is 0 Å². The Kier molecular flexibility index (Phi) is 4.99. The minimum atomic E-state index is 0.808. The summed E-state index contributed by atoms with van der Waals surface area (Å²) in [6.07, 6.45) is 0. The quantitative estimate of drug-likeness (QED) is 0.781. The Morgan fingerprint density at radius 3 is 2.80 bits per heavy atom. The topological polar surface area (TPSA) is 28.4 Å². The van der Waals surface area contributed by atoms with E-state index in [4.69, 9.17) is 4.42 Å². The van der Waals surface area contributed by atoms with Crippen LogP contribution in [0.4, 0.5) is 0 Å². The molecule has 0 amide bonds. The molecule has 0 aliphatic carbocycles. The highest BCUT2D eigenvalue weighted by molar-refractivity contribution is 5.82. The zero-order valence-corrected chi connectivity index (χ0v) is 12.7. The molecule has 0 spiro atoms. The number of hydrogen-bond acceptors (Lipinski definition) is 3. The molecule has 0 aliphatic heterocycles. The molecule has 0 fully saturated rings. The van der Waals surface area contributed by atoms with Gasteiger partial charge >= 0.3 is 0 Å². The third-order valence-corrected chi connectivity index (χ3v) is 3.29. The standard InChI is InChI=1S/C17H24N2O/c1-5-18-10-15-14-8-6-7-9-16(14)20-17(15)12-19(4)11-13(2)3/h6-9,18H,2,5,10-12H2,1,3-4H3. The van der Waals surface area contributed by atoms with E-state index in [1.807, 2.05) is 12.1 Å². The molecule has 3 nitrogen and oxygen atoms in total. The lowest BCUT2D eigenvalue weighted by Gasteiger charge is -2.16. The fraction of sp³-hybridized carbons (Fsp3) is 0.412. The fourth-order valence-electron chi connectivity index (χ4n) is 2.48. The molecular weight excluding hydrogens is 248 g/mol. The molecule has 0 radical (unpaired) electrons. The van der Waals surface area contributed by atoms with Gasteiger partial charge in [-0.15, -0.1) is 0 Å². The van der Waals surface area contributed by atoms with Gasteiger partial charge in [0.15, 0.2) is 0 Å². The van der Waals surface area contributed by atoms with Crippen molar-refractivity contribution in [2.45, 2.75) is 26.9 Å². The lowest BCUT2D eigenvalue weighted by Crippen LogP contribution is -2.21. The molecule has 0 aliphatic rings. The Morgan fingerprint density at radius 2 is 2.10 bits per heavy atom. The number of rotatable bonds is 7. The molecule has 3 heteroatoms. The smallest absolute Gasteiger partial charge is 0.134 e. The van der Waals surface area contributed by atoms with Gasteiger partial charge in [-0.1, -0.05) is 37.3 Å². The van der Waals surface area contributed by atoms with Gasteiger partial charge in [0.05, 0.1) is 6.54 Å². The number of likely N-dealkylation sites (N-methyl/N-ethyl adjacent to an activating group) is 1. The van der Waals surface area contributed by atoms with Crippen molar-refractivity contribution in [2.75, 3.05) is 20.1 Å². The number of hydrogen-bond donors (Lipinski definition) is 1.